The Labute approximate surface area is 88.4 Å². The first kappa shape index (κ1) is 12.0. The van der Waals surface area contributed by atoms with Crippen LogP contribution in [-0.4, -0.2) is 24.3 Å². The maximum Gasteiger partial charge on any atom is 0.0814 e. The van der Waals surface area contributed by atoms with E-state index in [1.165, 1.54) is 25.7 Å². The molecule has 1 N–H and O–H groups in total. The Kier molecular flexibility index (Phi) is 3.96. The molecule has 0 aromatic carbocycles. The van der Waals surface area contributed by atoms with Gasteiger partial charge in [-0.3, -0.25) is 0 Å². The minimum Gasteiger partial charge on any atom is -0.366 e. The zero-order valence-electron chi connectivity index (χ0n) is 10.2. The van der Waals surface area contributed by atoms with Crippen LogP contribution in [0.4, 0.5) is 0 Å². The van der Waals surface area contributed by atoms with Crippen LogP contribution in [0.1, 0.15) is 53.4 Å². The van der Waals surface area contributed by atoms with E-state index in [1.807, 2.05) is 0 Å². The molecular formula is C12H25NO. The standard InChI is InChI=1S/C12H25NO/c1-5-7-12(8-6-2)10-13-9-11(3,4)14-12/h13H,5-10H2,1-4H3. The zero-order chi connectivity index (χ0) is 10.7. The molecule has 0 bridgehead atoms. The highest BCUT2D eigenvalue weighted by Gasteiger charge is 2.39. The molecule has 1 fully saturated rings. The third-order valence-electron chi connectivity index (χ3n) is 2.90. The number of rotatable bonds is 4. The van der Waals surface area contributed by atoms with Crippen molar-refractivity contribution in [2.24, 2.45) is 0 Å². The van der Waals surface area contributed by atoms with Crippen molar-refractivity contribution in [3.63, 3.8) is 0 Å². The Morgan fingerprint density at radius 2 is 1.64 bits per heavy atom. The molecule has 1 heterocycles. The lowest BCUT2D eigenvalue weighted by Crippen LogP contribution is -2.58. The predicted molar refractivity (Wildman–Crippen MR) is 60.6 cm³/mol. The van der Waals surface area contributed by atoms with Gasteiger partial charge in [-0.2, -0.15) is 0 Å². The largest absolute Gasteiger partial charge is 0.366 e. The fourth-order valence-corrected chi connectivity index (χ4v) is 2.56. The fourth-order valence-electron chi connectivity index (χ4n) is 2.56. The Hall–Kier alpha value is -0.0800. The van der Waals surface area contributed by atoms with Crippen LogP contribution in [0, 0.1) is 0 Å². The third-order valence-corrected chi connectivity index (χ3v) is 2.90. The van der Waals surface area contributed by atoms with Gasteiger partial charge in [0.25, 0.3) is 0 Å². The summed E-state index contributed by atoms with van der Waals surface area (Å²) in [6.07, 6.45) is 4.77. The molecule has 0 aliphatic carbocycles. The molecule has 0 spiro atoms. The molecular weight excluding hydrogens is 174 g/mol. The Balaban J connectivity index is 2.65. The normalized spacial score (nSPS) is 24.9. The Morgan fingerprint density at radius 3 is 2.07 bits per heavy atom. The molecule has 1 aliphatic heterocycles. The van der Waals surface area contributed by atoms with Crippen LogP contribution in [0.5, 0.6) is 0 Å². The van der Waals surface area contributed by atoms with Crippen molar-refractivity contribution in [3.8, 4) is 0 Å². The number of nitrogens with one attached hydrogen (secondary N) is 1. The summed E-state index contributed by atoms with van der Waals surface area (Å²) in [5.74, 6) is 0. The summed E-state index contributed by atoms with van der Waals surface area (Å²) in [7, 11) is 0. The highest BCUT2D eigenvalue weighted by molar-refractivity contribution is 4.92. The number of ether oxygens (including phenoxy) is 1. The molecule has 0 unspecified atom stereocenters. The van der Waals surface area contributed by atoms with Crippen molar-refractivity contribution in [2.45, 2.75) is 64.6 Å². The SMILES string of the molecule is CCCC1(CCC)CNCC(C)(C)O1. The molecule has 1 aliphatic rings. The molecule has 0 atom stereocenters. The van der Waals surface area contributed by atoms with Crippen LogP contribution in [0.3, 0.4) is 0 Å². The van der Waals surface area contributed by atoms with Gasteiger partial charge in [0, 0.05) is 13.1 Å². The molecule has 0 amide bonds. The second kappa shape index (κ2) is 4.63. The average Bonchev–Trinajstić information content (AvgIpc) is 2.02. The zero-order valence-corrected chi connectivity index (χ0v) is 10.2. The van der Waals surface area contributed by atoms with Crippen molar-refractivity contribution in [3.05, 3.63) is 0 Å². The topological polar surface area (TPSA) is 21.3 Å². The molecule has 84 valence electrons. The lowest BCUT2D eigenvalue weighted by atomic mass is 9.89. The third kappa shape index (κ3) is 2.96. The minimum atomic E-state index is 0.00257. The lowest BCUT2D eigenvalue weighted by Gasteiger charge is -2.46. The van der Waals surface area contributed by atoms with Crippen molar-refractivity contribution >= 4 is 0 Å². The smallest absolute Gasteiger partial charge is 0.0814 e. The summed E-state index contributed by atoms with van der Waals surface area (Å²) in [5, 5.41) is 3.51. The van der Waals surface area contributed by atoms with Crippen molar-refractivity contribution in [2.75, 3.05) is 13.1 Å². The summed E-state index contributed by atoms with van der Waals surface area (Å²) in [4.78, 5) is 0. The van der Waals surface area contributed by atoms with Gasteiger partial charge in [0.1, 0.15) is 0 Å². The second-order valence-electron chi connectivity index (χ2n) is 5.15. The predicted octanol–water partition coefficient (Wildman–Crippen LogP) is 2.72. The highest BCUT2D eigenvalue weighted by Crippen LogP contribution is 2.31. The van der Waals surface area contributed by atoms with Gasteiger partial charge in [0.15, 0.2) is 0 Å². The van der Waals surface area contributed by atoms with E-state index in [4.69, 9.17) is 4.74 Å². The fraction of sp³-hybridized carbons (Fsp3) is 1.00. The maximum atomic E-state index is 6.28. The van der Waals surface area contributed by atoms with Crippen LogP contribution in [0.25, 0.3) is 0 Å². The molecule has 0 aromatic rings. The monoisotopic (exact) mass is 199 g/mol. The molecule has 1 saturated heterocycles. The van der Waals surface area contributed by atoms with Gasteiger partial charge in [-0.25, -0.2) is 0 Å². The van der Waals surface area contributed by atoms with Crippen LogP contribution in [0.15, 0.2) is 0 Å². The highest BCUT2D eigenvalue weighted by atomic mass is 16.5. The van der Waals surface area contributed by atoms with E-state index in [-0.39, 0.29) is 11.2 Å². The van der Waals surface area contributed by atoms with Gasteiger partial charge in [0.2, 0.25) is 0 Å². The van der Waals surface area contributed by atoms with E-state index >= 15 is 0 Å². The Morgan fingerprint density at radius 1 is 1.07 bits per heavy atom. The van der Waals surface area contributed by atoms with Crippen molar-refractivity contribution < 1.29 is 4.74 Å². The van der Waals surface area contributed by atoms with Crippen LogP contribution >= 0.6 is 0 Å². The van der Waals surface area contributed by atoms with Gasteiger partial charge < -0.3 is 10.1 Å². The van der Waals surface area contributed by atoms with E-state index < -0.39 is 0 Å². The average molecular weight is 199 g/mol. The van der Waals surface area contributed by atoms with Gasteiger partial charge in [0.05, 0.1) is 11.2 Å². The minimum absolute atomic E-state index is 0.00257. The van der Waals surface area contributed by atoms with Gasteiger partial charge >= 0.3 is 0 Å². The van der Waals surface area contributed by atoms with E-state index in [9.17, 15) is 0 Å². The summed E-state index contributed by atoms with van der Waals surface area (Å²) in [6, 6.07) is 0. The number of hydrogen-bond acceptors (Lipinski definition) is 2. The van der Waals surface area contributed by atoms with E-state index in [2.05, 4.69) is 33.0 Å². The number of hydrogen-bond donors (Lipinski definition) is 1. The summed E-state index contributed by atoms with van der Waals surface area (Å²) >= 11 is 0. The first-order valence-corrected chi connectivity index (χ1v) is 5.94. The summed E-state index contributed by atoms with van der Waals surface area (Å²) < 4.78 is 6.28. The molecule has 2 nitrogen and oxygen atoms in total. The second-order valence-corrected chi connectivity index (χ2v) is 5.15. The molecule has 0 aromatic heterocycles. The van der Waals surface area contributed by atoms with Crippen LogP contribution < -0.4 is 5.32 Å². The molecule has 0 radical (unpaired) electrons. The summed E-state index contributed by atoms with van der Waals surface area (Å²) in [5.41, 5.74) is 0.105. The lowest BCUT2D eigenvalue weighted by molar-refractivity contribution is -0.168. The van der Waals surface area contributed by atoms with Crippen molar-refractivity contribution in [1.82, 2.24) is 5.32 Å². The maximum absolute atomic E-state index is 6.28. The molecule has 1 rings (SSSR count). The molecule has 2 heteroatoms. The summed E-state index contributed by atoms with van der Waals surface area (Å²) in [6.45, 7) is 10.8. The van der Waals surface area contributed by atoms with Crippen LogP contribution in [0.2, 0.25) is 0 Å². The van der Waals surface area contributed by atoms with E-state index in [0.29, 0.717) is 0 Å². The van der Waals surface area contributed by atoms with Gasteiger partial charge in [-0.1, -0.05) is 26.7 Å². The van der Waals surface area contributed by atoms with Crippen molar-refractivity contribution in [1.29, 1.82) is 0 Å². The Bertz CT molecular complexity index is 166. The molecule has 14 heavy (non-hydrogen) atoms. The van der Waals surface area contributed by atoms with Crippen LogP contribution in [-0.2, 0) is 4.74 Å². The van der Waals surface area contributed by atoms with E-state index in [1.54, 1.807) is 0 Å². The van der Waals surface area contributed by atoms with E-state index in [0.717, 1.165) is 13.1 Å². The van der Waals surface area contributed by atoms with Gasteiger partial charge in [-0.05, 0) is 26.7 Å². The first-order chi connectivity index (χ1) is 6.54. The number of morpholine rings is 1. The quantitative estimate of drug-likeness (QED) is 0.751. The molecule has 0 saturated carbocycles. The first-order valence-electron chi connectivity index (χ1n) is 5.94. The van der Waals surface area contributed by atoms with Gasteiger partial charge in [-0.15, -0.1) is 0 Å².